The lowest BCUT2D eigenvalue weighted by atomic mass is 10.1. The van der Waals surface area contributed by atoms with Gasteiger partial charge in [0.05, 0.1) is 17.3 Å². The largest absolute Gasteiger partial charge is 0.324 e. The summed E-state index contributed by atoms with van der Waals surface area (Å²) < 4.78 is 0. The van der Waals surface area contributed by atoms with Crippen LogP contribution in [0, 0.1) is 6.92 Å². The fourth-order valence-corrected chi connectivity index (χ4v) is 3.38. The molecule has 2 aromatic rings. The van der Waals surface area contributed by atoms with E-state index in [1.807, 2.05) is 0 Å². The Morgan fingerprint density at radius 3 is 2.35 bits per heavy atom. The third-order valence-electron chi connectivity index (χ3n) is 4.56. The molecule has 6 heteroatoms. The third kappa shape index (κ3) is 5.45. The second-order valence-electron chi connectivity index (χ2n) is 6.71. The van der Waals surface area contributed by atoms with Crippen LogP contribution < -0.4 is 5.32 Å². The van der Waals surface area contributed by atoms with E-state index in [-0.39, 0.29) is 5.91 Å². The summed E-state index contributed by atoms with van der Waals surface area (Å²) >= 11 is 12.1. The van der Waals surface area contributed by atoms with Gasteiger partial charge in [-0.1, -0.05) is 53.0 Å². The van der Waals surface area contributed by atoms with Gasteiger partial charge in [-0.15, -0.1) is 0 Å². The number of halogens is 2. The average molecular weight is 392 g/mol. The highest BCUT2D eigenvalue weighted by molar-refractivity contribution is 6.35. The van der Waals surface area contributed by atoms with Crippen LogP contribution in [0.15, 0.2) is 42.5 Å². The van der Waals surface area contributed by atoms with Crippen LogP contribution in [-0.4, -0.2) is 48.4 Å². The van der Waals surface area contributed by atoms with E-state index in [2.05, 4.69) is 46.3 Å². The molecule has 1 saturated heterocycles. The zero-order valence-electron chi connectivity index (χ0n) is 14.8. The number of rotatable bonds is 5. The van der Waals surface area contributed by atoms with Crippen molar-refractivity contribution >= 4 is 34.8 Å². The van der Waals surface area contributed by atoms with Crippen LogP contribution >= 0.6 is 23.2 Å². The Morgan fingerprint density at radius 1 is 1.00 bits per heavy atom. The normalized spacial score (nSPS) is 15.8. The summed E-state index contributed by atoms with van der Waals surface area (Å²) in [6.07, 6.45) is 0. The fourth-order valence-electron chi connectivity index (χ4n) is 3.04. The number of carbonyl (C=O) groups is 1. The maximum Gasteiger partial charge on any atom is 0.238 e. The molecule has 0 unspecified atom stereocenters. The monoisotopic (exact) mass is 391 g/mol. The average Bonchev–Trinajstić information content (AvgIpc) is 2.62. The van der Waals surface area contributed by atoms with Crippen LogP contribution in [0.3, 0.4) is 0 Å². The third-order valence-corrected chi connectivity index (χ3v) is 5.13. The molecule has 3 rings (SSSR count). The molecule has 0 bridgehead atoms. The lowest BCUT2D eigenvalue weighted by Crippen LogP contribution is -2.48. The highest BCUT2D eigenvalue weighted by Gasteiger charge is 2.19. The molecule has 138 valence electrons. The SMILES string of the molecule is Cc1ccc(CN2CCN(CC(=O)Nc3cc(Cl)ccc3Cl)CC2)cc1. The first-order valence-electron chi connectivity index (χ1n) is 8.75. The van der Waals surface area contributed by atoms with Gasteiger partial charge in [-0.3, -0.25) is 14.6 Å². The Labute approximate surface area is 164 Å². The van der Waals surface area contributed by atoms with Crippen molar-refractivity contribution in [3.8, 4) is 0 Å². The Balaban J connectivity index is 1.45. The molecule has 0 radical (unpaired) electrons. The van der Waals surface area contributed by atoms with Gasteiger partial charge in [-0.25, -0.2) is 0 Å². The summed E-state index contributed by atoms with van der Waals surface area (Å²) in [5.74, 6) is -0.0684. The molecular formula is C20H23Cl2N3O. The van der Waals surface area contributed by atoms with Crippen LogP contribution in [0.25, 0.3) is 0 Å². The molecule has 1 fully saturated rings. The highest BCUT2D eigenvalue weighted by Crippen LogP contribution is 2.25. The van der Waals surface area contributed by atoms with E-state index in [1.54, 1.807) is 18.2 Å². The smallest absolute Gasteiger partial charge is 0.238 e. The summed E-state index contributed by atoms with van der Waals surface area (Å²) in [6.45, 7) is 7.09. The molecule has 2 aromatic carbocycles. The molecule has 1 heterocycles. The van der Waals surface area contributed by atoms with E-state index in [0.29, 0.717) is 22.3 Å². The van der Waals surface area contributed by atoms with E-state index >= 15 is 0 Å². The van der Waals surface area contributed by atoms with Crippen molar-refractivity contribution in [2.24, 2.45) is 0 Å². The van der Waals surface area contributed by atoms with E-state index in [1.165, 1.54) is 11.1 Å². The number of carbonyl (C=O) groups excluding carboxylic acids is 1. The quantitative estimate of drug-likeness (QED) is 0.834. The number of hydrogen-bond acceptors (Lipinski definition) is 3. The first-order chi connectivity index (χ1) is 12.5. The summed E-state index contributed by atoms with van der Waals surface area (Å²) in [6, 6.07) is 13.7. The lowest BCUT2D eigenvalue weighted by molar-refractivity contribution is -0.117. The van der Waals surface area contributed by atoms with Gasteiger partial charge < -0.3 is 5.32 Å². The molecule has 1 aliphatic rings. The number of nitrogens with zero attached hydrogens (tertiary/aromatic N) is 2. The lowest BCUT2D eigenvalue weighted by Gasteiger charge is -2.34. The first kappa shape index (κ1) is 19.2. The molecule has 26 heavy (non-hydrogen) atoms. The Morgan fingerprint density at radius 2 is 1.65 bits per heavy atom. The van der Waals surface area contributed by atoms with Crippen molar-refractivity contribution in [3.63, 3.8) is 0 Å². The Hall–Kier alpha value is -1.59. The van der Waals surface area contributed by atoms with Crippen LogP contribution in [0.5, 0.6) is 0 Å². The van der Waals surface area contributed by atoms with Crippen molar-refractivity contribution in [1.82, 2.24) is 9.80 Å². The van der Waals surface area contributed by atoms with Gasteiger partial charge in [-0.2, -0.15) is 0 Å². The second-order valence-corrected chi connectivity index (χ2v) is 7.55. The number of aryl methyl sites for hydroxylation is 1. The highest BCUT2D eigenvalue weighted by atomic mass is 35.5. The van der Waals surface area contributed by atoms with Gasteiger partial charge >= 0.3 is 0 Å². The molecule has 0 spiro atoms. The van der Waals surface area contributed by atoms with Crippen molar-refractivity contribution in [2.75, 3.05) is 38.0 Å². The van der Waals surface area contributed by atoms with Gasteiger partial charge in [0, 0.05) is 37.7 Å². The number of anilines is 1. The number of amides is 1. The predicted octanol–water partition coefficient (Wildman–Crippen LogP) is 4.06. The number of piperazine rings is 1. The van der Waals surface area contributed by atoms with Crippen LogP contribution in [-0.2, 0) is 11.3 Å². The van der Waals surface area contributed by atoms with Crippen molar-refractivity contribution < 1.29 is 4.79 Å². The number of benzene rings is 2. The first-order valence-corrected chi connectivity index (χ1v) is 9.50. The molecule has 4 nitrogen and oxygen atoms in total. The molecule has 0 saturated carbocycles. The standard InChI is InChI=1S/C20H23Cl2N3O/c1-15-2-4-16(5-3-15)13-24-8-10-25(11-9-24)14-20(26)23-19-12-17(21)6-7-18(19)22/h2-7,12H,8-11,13-14H2,1H3,(H,23,26). The minimum Gasteiger partial charge on any atom is -0.324 e. The van der Waals surface area contributed by atoms with E-state index in [0.717, 1.165) is 32.7 Å². The van der Waals surface area contributed by atoms with Crippen molar-refractivity contribution in [1.29, 1.82) is 0 Å². The van der Waals surface area contributed by atoms with Gasteiger partial charge in [0.2, 0.25) is 5.91 Å². The molecule has 1 amide bonds. The minimum absolute atomic E-state index is 0.0684. The van der Waals surface area contributed by atoms with Crippen molar-refractivity contribution in [2.45, 2.75) is 13.5 Å². The van der Waals surface area contributed by atoms with Gasteiger partial charge in [0.15, 0.2) is 0 Å². The molecule has 0 aromatic heterocycles. The van der Waals surface area contributed by atoms with Gasteiger partial charge in [0.1, 0.15) is 0 Å². The predicted molar refractivity (Wildman–Crippen MR) is 108 cm³/mol. The maximum atomic E-state index is 12.3. The van der Waals surface area contributed by atoms with E-state index in [4.69, 9.17) is 23.2 Å². The van der Waals surface area contributed by atoms with Crippen LogP contribution in [0.4, 0.5) is 5.69 Å². The number of nitrogens with one attached hydrogen (secondary N) is 1. The van der Waals surface area contributed by atoms with Crippen LogP contribution in [0.2, 0.25) is 10.0 Å². The Bertz CT molecular complexity index is 756. The second kappa shape index (κ2) is 8.87. The molecule has 1 N–H and O–H groups in total. The Kier molecular flexibility index (Phi) is 6.54. The molecule has 1 aliphatic heterocycles. The topological polar surface area (TPSA) is 35.6 Å². The van der Waals surface area contributed by atoms with E-state index < -0.39 is 0 Å². The van der Waals surface area contributed by atoms with Crippen molar-refractivity contribution in [3.05, 3.63) is 63.6 Å². The summed E-state index contributed by atoms with van der Waals surface area (Å²) in [7, 11) is 0. The molecular weight excluding hydrogens is 369 g/mol. The van der Waals surface area contributed by atoms with Crippen LogP contribution in [0.1, 0.15) is 11.1 Å². The molecule has 0 atom stereocenters. The van der Waals surface area contributed by atoms with Gasteiger partial charge in [-0.05, 0) is 30.7 Å². The van der Waals surface area contributed by atoms with Gasteiger partial charge in [0.25, 0.3) is 0 Å². The van der Waals surface area contributed by atoms with E-state index in [9.17, 15) is 4.79 Å². The maximum absolute atomic E-state index is 12.3. The summed E-state index contributed by atoms with van der Waals surface area (Å²) in [4.78, 5) is 16.9. The molecule has 0 aliphatic carbocycles. The minimum atomic E-state index is -0.0684. The summed E-state index contributed by atoms with van der Waals surface area (Å²) in [5.41, 5.74) is 3.17. The number of hydrogen-bond donors (Lipinski definition) is 1. The fraction of sp³-hybridized carbons (Fsp3) is 0.350. The zero-order valence-corrected chi connectivity index (χ0v) is 16.4. The summed E-state index contributed by atoms with van der Waals surface area (Å²) in [5, 5.41) is 3.89. The zero-order chi connectivity index (χ0) is 18.5.